The Balaban J connectivity index is 1.02. The van der Waals surface area contributed by atoms with Crippen molar-refractivity contribution in [3.05, 3.63) is 218 Å². The van der Waals surface area contributed by atoms with E-state index in [1.807, 2.05) is 22.7 Å². The molecule has 3 nitrogen and oxygen atoms in total. The van der Waals surface area contributed by atoms with Gasteiger partial charge in [-0.25, -0.2) is 15.0 Å². The first-order valence-electron chi connectivity index (χ1n) is 24.2. The molecule has 0 N–H and O–H groups in total. The molecule has 11 aromatic carbocycles. The zero-order chi connectivity index (χ0) is 46.3. The monoisotopic (exact) mass is 933 g/mol. The van der Waals surface area contributed by atoms with Crippen LogP contribution in [0.5, 0.6) is 0 Å². The standard InChI is InChI=1S/C65H36BN3S2/c1-3-15-37(16-4-1)40-31-33-48(44-21-9-7-19-42(40)44)64-67-63(68-65(69-64)49-34-32-41(38-17-5-2-6-18-38)43-20-8-10-22-45(43)49)39-35-50-46-23-11-27-54-58(46)60-52(25-13-29-56(60)70-54)66-53-26-14-30-57-61(53)59-47(51(36-39)62(50)66)24-12-28-55(59)71-57/h1-36H. The molecule has 0 saturated heterocycles. The topological polar surface area (TPSA) is 38.7 Å². The van der Waals surface area contributed by atoms with Crippen LogP contribution in [0.15, 0.2) is 218 Å². The molecule has 326 valence electrons. The summed E-state index contributed by atoms with van der Waals surface area (Å²) in [5.41, 5.74) is 16.6. The number of thiophene rings is 2. The fraction of sp³-hybridized carbons (Fsp3) is 0. The van der Waals surface area contributed by atoms with E-state index in [1.54, 1.807) is 0 Å². The summed E-state index contributed by atoms with van der Waals surface area (Å²) in [6, 6.07) is 80.1. The first-order valence-corrected chi connectivity index (χ1v) is 25.8. The molecule has 71 heavy (non-hydrogen) atoms. The fourth-order valence-electron chi connectivity index (χ4n) is 12.2. The summed E-state index contributed by atoms with van der Waals surface area (Å²) >= 11 is 3.80. The van der Waals surface area contributed by atoms with Crippen LogP contribution < -0.4 is 16.4 Å². The van der Waals surface area contributed by atoms with Gasteiger partial charge in [0.2, 0.25) is 6.71 Å². The Kier molecular flexibility index (Phi) is 8.29. The van der Waals surface area contributed by atoms with Gasteiger partial charge in [0.05, 0.1) is 0 Å². The lowest BCUT2D eigenvalue weighted by Gasteiger charge is -2.22. The lowest BCUT2D eigenvalue weighted by molar-refractivity contribution is 1.08. The molecule has 0 saturated carbocycles. The van der Waals surface area contributed by atoms with Crippen LogP contribution in [-0.2, 0) is 0 Å². The average Bonchev–Trinajstić information content (AvgIpc) is 3.95. The van der Waals surface area contributed by atoms with Gasteiger partial charge >= 0.3 is 0 Å². The lowest BCUT2D eigenvalue weighted by atomic mass is 9.35. The Hall–Kier alpha value is -8.55. The molecule has 0 fully saturated rings. The third kappa shape index (κ3) is 5.69. The van der Waals surface area contributed by atoms with Crippen molar-refractivity contribution in [2.24, 2.45) is 0 Å². The zero-order valence-electron chi connectivity index (χ0n) is 38.0. The van der Waals surface area contributed by atoms with E-state index in [-0.39, 0.29) is 6.71 Å². The van der Waals surface area contributed by atoms with E-state index >= 15 is 0 Å². The molecule has 0 unspecified atom stereocenters. The third-order valence-electron chi connectivity index (χ3n) is 15.2. The molecular weight excluding hydrogens is 898 g/mol. The number of aromatic nitrogens is 3. The molecule has 0 atom stereocenters. The summed E-state index contributed by atoms with van der Waals surface area (Å²) in [5.74, 6) is 1.92. The van der Waals surface area contributed by atoms with Crippen LogP contribution in [0.25, 0.3) is 141 Å². The van der Waals surface area contributed by atoms with Crippen LogP contribution in [0.2, 0.25) is 0 Å². The van der Waals surface area contributed by atoms with E-state index in [2.05, 4.69) is 218 Å². The number of fused-ring (bicyclic) bond motifs is 6. The van der Waals surface area contributed by atoms with Gasteiger partial charge in [0.25, 0.3) is 0 Å². The minimum absolute atomic E-state index is 0.00492. The number of rotatable bonds is 5. The molecule has 2 aliphatic rings. The van der Waals surface area contributed by atoms with Crippen LogP contribution in [0.4, 0.5) is 0 Å². The van der Waals surface area contributed by atoms with Crippen LogP contribution in [0, 0.1) is 0 Å². The number of hydrogen-bond acceptors (Lipinski definition) is 5. The molecule has 6 heteroatoms. The first-order chi connectivity index (χ1) is 35.2. The van der Waals surface area contributed by atoms with Gasteiger partial charge in [0, 0.05) is 46.3 Å². The minimum Gasteiger partial charge on any atom is -0.208 e. The summed E-state index contributed by atoms with van der Waals surface area (Å²) in [5, 5.41) is 9.89. The largest absolute Gasteiger partial charge is 0.244 e. The number of nitrogens with zero attached hydrogens (tertiary/aromatic N) is 3. The van der Waals surface area contributed by atoms with Crippen molar-refractivity contribution in [2.75, 3.05) is 0 Å². The van der Waals surface area contributed by atoms with Crippen molar-refractivity contribution >= 4 is 108 Å². The maximum Gasteiger partial charge on any atom is 0.244 e. The zero-order valence-corrected chi connectivity index (χ0v) is 39.7. The van der Waals surface area contributed by atoms with E-state index in [4.69, 9.17) is 15.0 Å². The van der Waals surface area contributed by atoms with E-state index in [1.165, 1.54) is 101 Å². The Morgan fingerprint density at radius 2 is 0.648 bits per heavy atom. The second-order valence-electron chi connectivity index (χ2n) is 18.9. The summed E-state index contributed by atoms with van der Waals surface area (Å²) < 4.78 is 5.26. The highest BCUT2D eigenvalue weighted by Crippen LogP contribution is 2.47. The summed E-state index contributed by atoms with van der Waals surface area (Å²) in [6.45, 7) is 0.00492. The molecule has 0 radical (unpaired) electrons. The SMILES string of the molecule is c1ccc(-c2ccc(-c3nc(-c4cc5c6c(c4)-c4cccc7sc8cccc(c8c47)B6c4cccc6sc7cccc-5c7c46)nc(-c4ccc(-c5ccccc5)c5ccccc45)n3)c3ccccc23)cc1. The molecule has 14 aromatic rings. The molecule has 2 aliphatic heterocycles. The second kappa shape index (κ2) is 15.0. The maximum atomic E-state index is 5.62. The van der Waals surface area contributed by atoms with E-state index in [0.717, 1.165) is 38.2 Å². The van der Waals surface area contributed by atoms with Gasteiger partial charge in [-0.05, 0) is 125 Å². The van der Waals surface area contributed by atoms with Crippen LogP contribution >= 0.6 is 22.7 Å². The van der Waals surface area contributed by atoms with Crippen molar-refractivity contribution in [3.8, 4) is 78.7 Å². The Morgan fingerprint density at radius 1 is 0.268 bits per heavy atom. The quantitative estimate of drug-likeness (QED) is 0.161. The predicted molar refractivity (Wildman–Crippen MR) is 303 cm³/mol. The molecule has 0 spiro atoms. The molecule has 0 aliphatic carbocycles. The van der Waals surface area contributed by atoms with Crippen molar-refractivity contribution in [1.82, 2.24) is 15.0 Å². The van der Waals surface area contributed by atoms with Gasteiger partial charge in [0.1, 0.15) is 0 Å². The van der Waals surface area contributed by atoms with Gasteiger partial charge in [-0.2, -0.15) is 0 Å². The molecule has 16 rings (SSSR count). The molecule has 5 heterocycles. The minimum atomic E-state index is 0.00492. The Morgan fingerprint density at radius 3 is 1.11 bits per heavy atom. The van der Waals surface area contributed by atoms with Crippen molar-refractivity contribution in [1.29, 1.82) is 0 Å². The predicted octanol–water partition coefficient (Wildman–Crippen LogP) is 15.7. The highest BCUT2D eigenvalue weighted by molar-refractivity contribution is 7.27. The maximum absolute atomic E-state index is 5.62. The van der Waals surface area contributed by atoms with E-state index in [9.17, 15) is 0 Å². The second-order valence-corrected chi connectivity index (χ2v) is 21.0. The van der Waals surface area contributed by atoms with Gasteiger partial charge < -0.3 is 0 Å². The molecular formula is C65H36BN3S2. The smallest absolute Gasteiger partial charge is 0.208 e. The van der Waals surface area contributed by atoms with E-state index < -0.39 is 0 Å². The van der Waals surface area contributed by atoms with Crippen LogP contribution in [0.1, 0.15) is 0 Å². The van der Waals surface area contributed by atoms with Crippen LogP contribution in [-0.4, -0.2) is 21.7 Å². The first kappa shape index (κ1) is 39.3. The summed E-state index contributed by atoms with van der Waals surface area (Å²) in [7, 11) is 0. The summed E-state index contributed by atoms with van der Waals surface area (Å²) in [4.78, 5) is 16.8. The van der Waals surface area contributed by atoms with Gasteiger partial charge in [-0.15, -0.1) is 22.7 Å². The fourth-order valence-corrected chi connectivity index (χ4v) is 14.5. The van der Waals surface area contributed by atoms with E-state index in [0.29, 0.717) is 17.5 Å². The van der Waals surface area contributed by atoms with Crippen molar-refractivity contribution < 1.29 is 0 Å². The molecule has 0 bridgehead atoms. The van der Waals surface area contributed by atoms with Crippen molar-refractivity contribution in [2.45, 2.75) is 0 Å². The average molecular weight is 934 g/mol. The lowest BCUT2D eigenvalue weighted by Crippen LogP contribution is -2.52. The molecule has 0 amide bonds. The number of hydrogen-bond donors (Lipinski definition) is 0. The van der Waals surface area contributed by atoms with Gasteiger partial charge in [0.15, 0.2) is 17.5 Å². The summed E-state index contributed by atoms with van der Waals surface area (Å²) in [6.07, 6.45) is 0. The van der Waals surface area contributed by atoms with Gasteiger partial charge in [-0.1, -0.05) is 186 Å². The van der Waals surface area contributed by atoms with Gasteiger partial charge in [-0.3, -0.25) is 0 Å². The number of benzene rings is 11. The molecule has 3 aromatic heterocycles. The Labute approximate surface area is 417 Å². The van der Waals surface area contributed by atoms with Crippen LogP contribution in [0.3, 0.4) is 0 Å². The third-order valence-corrected chi connectivity index (χ3v) is 17.4. The van der Waals surface area contributed by atoms with Crippen molar-refractivity contribution in [3.63, 3.8) is 0 Å². The normalized spacial score (nSPS) is 12.5. The highest BCUT2D eigenvalue weighted by Gasteiger charge is 2.38. The Bertz CT molecular complexity index is 4310. The highest BCUT2D eigenvalue weighted by atomic mass is 32.1.